The first-order valence-corrected chi connectivity index (χ1v) is 12.8. The first kappa shape index (κ1) is 34.2. The number of nitrogens with two attached hydrogens (primary N) is 1. The van der Waals surface area contributed by atoms with E-state index in [1.165, 1.54) is 4.90 Å². The maximum atomic E-state index is 12.6. The van der Waals surface area contributed by atoms with Crippen LogP contribution in [-0.4, -0.2) is 110 Å². The molecule has 2 rings (SSSR count). The lowest BCUT2D eigenvalue weighted by Gasteiger charge is -2.30. The lowest BCUT2D eigenvalue weighted by molar-refractivity contribution is -0.170. The minimum absolute atomic E-state index is 0.151. The van der Waals surface area contributed by atoms with Crippen molar-refractivity contribution in [2.24, 2.45) is 5.73 Å². The number of carboxylic acids is 3. The molecule has 1 saturated carbocycles. The van der Waals surface area contributed by atoms with Gasteiger partial charge in [-0.25, -0.2) is 9.59 Å². The Bertz CT molecular complexity index is 963. The van der Waals surface area contributed by atoms with Crippen LogP contribution in [0.2, 0.25) is 0 Å². The Kier molecular flexibility index (Phi) is 12.9. The Labute approximate surface area is 230 Å². The van der Waals surface area contributed by atoms with Gasteiger partial charge in [-0.15, -0.1) is 0 Å². The molecule has 1 aliphatic carbocycles. The van der Waals surface area contributed by atoms with Crippen molar-refractivity contribution in [2.45, 2.75) is 88.4 Å². The number of carboxylic acid groups (broad SMARTS) is 3. The summed E-state index contributed by atoms with van der Waals surface area (Å²) in [5.74, 6) is -6.54. The van der Waals surface area contributed by atoms with Crippen LogP contribution in [0.15, 0.2) is 0 Å². The molecule has 0 aromatic rings. The van der Waals surface area contributed by atoms with Crippen LogP contribution in [0.25, 0.3) is 0 Å². The average molecular weight is 575 g/mol. The standard InChI is InChI=1S/C18H30N4O5.C6H8O7/c1-3-27-17(26)18(8-4-5-9-18)21-15(24)12(2)20-16(25)13-7-6-10-22(13)14(23)11-19;7-3(8)1-6(13,5(11)12)2-4(9)10/h12-13H,3-11,19H2,1-2H3,(H,20,25)(H,21,24);13H,1-2H2,(H,7,8)(H,9,10)(H,11,12)/t12-,13-;/m0./s1. The molecule has 0 spiro atoms. The average Bonchev–Trinajstić information content (AvgIpc) is 3.53. The van der Waals surface area contributed by atoms with Crippen LogP contribution >= 0.6 is 0 Å². The lowest BCUT2D eigenvalue weighted by Crippen LogP contribution is -2.59. The van der Waals surface area contributed by atoms with E-state index in [1.807, 2.05) is 0 Å². The second kappa shape index (κ2) is 15.1. The SMILES string of the molecule is CCOC(=O)C1(NC(=O)[C@H](C)NC(=O)[C@@H]2CCCN2C(=O)CN)CCCC1.O=C(O)CC(O)(CC(=O)O)C(=O)O. The van der Waals surface area contributed by atoms with Gasteiger partial charge in [0.05, 0.1) is 26.0 Å². The number of amides is 3. The molecule has 0 radical (unpaired) electrons. The van der Waals surface area contributed by atoms with Gasteiger partial charge in [0.2, 0.25) is 17.7 Å². The largest absolute Gasteiger partial charge is 0.481 e. The Morgan fingerprint density at radius 2 is 1.57 bits per heavy atom. The zero-order valence-corrected chi connectivity index (χ0v) is 22.5. The number of ether oxygens (including phenoxy) is 1. The number of nitrogens with zero attached hydrogens (tertiary/aromatic N) is 1. The second-order valence-corrected chi connectivity index (χ2v) is 9.66. The van der Waals surface area contributed by atoms with Crippen molar-refractivity contribution in [3.05, 3.63) is 0 Å². The summed E-state index contributed by atoms with van der Waals surface area (Å²) < 4.78 is 5.13. The number of likely N-dealkylation sites (tertiary alicyclic amines) is 1. The highest BCUT2D eigenvalue weighted by atomic mass is 16.5. The Morgan fingerprint density at radius 1 is 1.02 bits per heavy atom. The predicted octanol–water partition coefficient (Wildman–Crippen LogP) is -1.82. The van der Waals surface area contributed by atoms with E-state index < -0.39 is 65.8 Å². The van der Waals surface area contributed by atoms with Crippen molar-refractivity contribution < 1.29 is 58.7 Å². The van der Waals surface area contributed by atoms with E-state index >= 15 is 0 Å². The molecular formula is C24H38N4O12. The molecule has 40 heavy (non-hydrogen) atoms. The van der Waals surface area contributed by atoms with Gasteiger partial charge in [-0.2, -0.15) is 0 Å². The minimum atomic E-state index is -2.74. The van der Waals surface area contributed by atoms with Crippen molar-refractivity contribution in [1.29, 1.82) is 0 Å². The fourth-order valence-electron chi connectivity index (χ4n) is 4.52. The minimum Gasteiger partial charge on any atom is -0.481 e. The number of aliphatic hydroxyl groups is 1. The maximum Gasteiger partial charge on any atom is 0.336 e. The van der Waals surface area contributed by atoms with Crippen molar-refractivity contribution in [2.75, 3.05) is 19.7 Å². The first-order chi connectivity index (χ1) is 18.6. The van der Waals surface area contributed by atoms with Crippen LogP contribution in [0.5, 0.6) is 0 Å². The van der Waals surface area contributed by atoms with E-state index in [0.29, 0.717) is 25.8 Å². The molecule has 2 fully saturated rings. The molecule has 16 heteroatoms. The molecule has 0 aromatic carbocycles. The number of hydrogen-bond donors (Lipinski definition) is 7. The number of rotatable bonds is 12. The van der Waals surface area contributed by atoms with E-state index in [2.05, 4.69) is 10.6 Å². The highest BCUT2D eigenvalue weighted by Crippen LogP contribution is 2.31. The van der Waals surface area contributed by atoms with Gasteiger partial charge < -0.3 is 46.4 Å². The van der Waals surface area contributed by atoms with E-state index in [9.17, 15) is 33.6 Å². The molecule has 16 nitrogen and oxygen atoms in total. The van der Waals surface area contributed by atoms with Gasteiger partial charge in [0.25, 0.3) is 0 Å². The summed E-state index contributed by atoms with van der Waals surface area (Å²) in [5, 5.41) is 39.3. The molecule has 1 saturated heterocycles. The van der Waals surface area contributed by atoms with Gasteiger partial charge in [0.15, 0.2) is 5.60 Å². The Morgan fingerprint density at radius 3 is 2.02 bits per heavy atom. The number of carbonyl (C=O) groups is 7. The van der Waals surface area contributed by atoms with Crippen LogP contribution in [0.3, 0.4) is 0 Å². The third-order valence-corrected chi connectivity index (χ3v) is 6.57. The maximum absolute atomic E-state index is 12.6. The topological polar surface area (TPSA) is 263 Å². The summed E-state index contributed by atoms with van der Waals surface area (Å²) in [7, 11) is 0. The van der Waals surface area contributed by atoms with E-state index in [1.54, 1.807) is 13.8 Å². The molecule has 2 atom stereocenters. The smallest absolute Gasteiger partial charge is 0.336 e. The predicted molar refractivity (Wildman–Crippen MR) is 134 cm³/mol. The summed E-state index contributed by atoms with van der Waals surface area (Å²) in [6, 6.07) is -1.44. The lowest BCUT2D eigenvalue weighted by atomic mass is 9.96. The number of nitrogens with one attached hydrogen (secondary N) is 2. The normalized spacial score (nSPS) is 18.5. The van der Waals surface area contributed by atoms with Crippen LogP contribution in [0, 0.1) is 0 Å². The fraction of sp³-hybridized carbons (Fsp3) is 0.708. The van der Waals surface area contributed by atoms with Crippen LogP contribution in [-0.2, 0) is 38.3 Å². The Hall–Kier alpha value is -3.79. The van der Waals surface area contributed by atoms with Crippen molar-refractivity contribution in [3.8, 4) is 0 Å². The van der Waals surface area contributed by atoms with Gasteiger partial charge in [0, 0.05) is 6.54 Å². The zero-order valence-electron chi connectivity index (χ0n) is 22.5. The van der Waals surface area contributed by atoms with Crippen LogP contribution < -0.4 is 16.4 Å². The number of carbonyl (C=O) groups excluding carboxylic acids is 4. The summed E-state index contributed by atoms with van der Waals surface area (Å²) in [5.41, 5.74) is 1.64. The highest BCUT2D eigenvalue weighted by Gasteiger charge is 2.45. The molecule has 1 aliphatic heterocycles. The summed E-state index contributed by atoms with van der Waals surface area (Å²) >= 11 is 0. The number of aliphatic carboxylic acids is 3. The van der Waals surface area contributed by atoms with Gasteiger partial charge in [-0.05, 0) is 39.5 Å². The molecule has 3 amide bonds. The number of esters is 1. The molecule has 0 unspecified atom stereocenters. The third kappa shape index (κ3) is 9.44. The Balaban J connectivity index is 0.000000520. The molecule has 226 valence electrons. The summed E-state index contributed by atoms with van der Waals surface area (Å²) in [6.45, 7) is 3.87. The molecule has 0 aromatic heterocycles. The molecule has 8 N–H and O–H groups in total. The van der Waals surface area contributed by atoms with Gasteiger partial charge in [0.1, 0.15) is 17.6 Å². The van der Waals surface area contributed by atoms with E-state index in [0.717, 1.165) is 19.3 Å². The van der Waals surface area contributed by atoms with Gasteiger partial charge in [-0.1, -0.05) is 12.8 Å². The summed E-state index contributed by atoms with van der Waals surface area (Å²) in [6.07, 6.45) is 1.69. The van der Waals surface area contributed by atoms with E-state index in [-0.39, 0.29) is 25.0 Å². The molecule has 1 heterocycles. The van der Waals surface area contributed by atoms with Gasteiger partial charge >= 0.3 is 23.9 Å². The second-order valence-electron chi connectivity index (χ2n) is 9.66. The third-order valence-electron chi connectivity index (χ3n) is 6.57. The fourth-order valence-corrected chi connectivity index (χ4v) is 4.52. The van der Waals surface area contributed by atoms with E-state index in [4.69, 9.17) is 30.9 Å². The van der Waals surface area contributed by atoms with Crippen molar-refractivity contribution >= 4 is 41.6 Å². The quantitative estimate of drug-likeness (QED) is 0.127. The highest BCUT2D eigenvalue weighted by molar-refractivity contribution is 5.95. The summed E-state index contributed by atoms with van der Waals surface area (Å²) in [4.78, 5) is 81.2. The number of hydrogen-bond acceptors (Lipinski definition) is 10. The van der Waals surface area contributed by atoms with Gasteiger partial charge in [-0.3, -0.25) is 24.0 Å². The van der Waals surface area contributed by atoms with Crippen molar-refractivity contribution in [3.63, 3.8) is 0 Å². The molecule has 2 aliphatic rings. The molecular weight excluding hydrogens is 536 g/mol. The van der Waals surface area contributed by atoms with Crippen LogP contribution in [0.4, 0.5) is 0 Å². The molecule has 0 bridgehead atoms. The van der Waals surface area contributed by atoms with Crippen molar-refractivity contribution in [1.82, 2.24) is 15.5 Å². The monoisotopic (exact) mass is 574 g/mol. The zero-order chi connectivity index (χ0) is 30.7. The van der Waals surface area contributed by atoms with Crippen LogP contribution in [0.1, 0.15) is 65.2 Å². The first-order valence-electron chi connectivity index (χ1n) is 12.8.